The Kier molecular flexibility index (Phi) is 5.05. The number of rotatable bonds is 5. The second-order valence-corrected chi connectivity index (χ2v) is 7.25. The van der Waals surface area contributed by atoms with Crippen molar-refractivity contribution in [2.75, 3.05) is 13.1 Å². The van der Waals surface area contributed by atoms with E-state index < -0.39 is 12.7 Å². The van der Waals surface area contributed by atoms with Crippen LogP contribution < -0.4 is 4.74 Å². The molecule has 1 aliphatic rings. The van der Waals surface area contributed by atoms with Crippen LogP contribution in [0.1, 0.15) is 24.2 Å². The maximum absolute atomic E-state index is 12.8. The highest BCUT2D eigenvalue weighted by molar-refractivity contribution is 5.86. The van der Waals surface area contributed by atoms with Crippen LogP contribution in [0.4, 0.5) is 13.2 Å². The van der Waals surface area contributed by atoms with E-state index in [1.807, 2.05) is 13.0 Å². The highest BCUT2D eigenvalue weighted by atomic mass is 19.4. The average Bonchev–Trinajstić information content (AvgIpc) is 3.23. The third kappa shape index (κ3) is 4.16. The van der Waals surface area contributed by atoms with Gasteiger partial charge in [-0.05, 0) is 38.0 Å². The first-order valence-corrected chi connectivity index (χ1v) is 9.33. The maximum atomic E-state index is 12.8. The topological polar surface area (TPSA) is 43.4 Å². The Morgan fingerprint density at radius 3 is 2.68 bits per heavy atom. The summed E-state index contributed by atoms with van der Waals surface area (Å²) in [5, 5.41) is 4.53. The molecule has 0 unspecified atom stereocenters. The summed E-state index contributed by atoms with van der Waals surface area (Å²) < 4.78 is 50.7. The summed E-state index contributed by atoms with van der Waals surface area (Å²) in [6, 6.07) is 6.96. The van der Waals surface area contributed by atoms with Crippen molar-refractivity contribution in [2.45, 2.75) is 45.1 Å². The number of benzene rings is 1. The van der Waals surface area contributed by atoms with Crippen LogP contribution in [-0.4, -0.2) is 40.0 Å². The predicted molar refractivity (Wildman–Crippen MR) is 98.2 cm³/mol. The smallest absolute Gasteiger partial charge is 0.406 e. The standard InChI is InChI=1S/C20H22F3N3O2/c1-14-15(11-24-28-14)12-25-8-5-16(6-9-25)27-19-4-2-3-18-17(19)7-10-26(18)13-20(21,22)23/h2-4,7,10-11,16H,5-6,8-9,12-13H2,1H3. The van der Waals surface area contributed by atoms with Gasteiger partial charge in [-0.2, -0.15) is 13.2 Å². The molecule has 0 radical (unpaired) electrons. The van der Waals surface area contributed by atoms with Gasteiger partial charge in [-0.15, -0.1) is 0 Å². The minimum absolute atomic E-state index is 0.0522. The minimum atomic E-state index is -4.25. The molecule has 3 aromatic rings. The Bertz CT molecular complexity index is 940. The first-order valence-electron chi connectivity index (χ1n) is 9.33. The lowest BCUT2D eigenvalue weighted by molar-refractivity contribution is -0.139. The summed E-state index contributed by atoms with van der Waals surface area (Å²) >= 11 is 0. The summed E-state index contributed by atoms with van der Waals surface area (Å²) in [6.07, 6.45) is 0.752. The molecular formula is C20H22F3N3O2. The average molecular weight is 393 g/mol. The van der Waals surface area contributed by atoms with Gasteiger partial charge in [0.2, 0.25) is 0 Å². The van der Waals surface area contributed by atoms with E-state index in [0.717, 1.165) is 43.8 Å². The van der Waals surface area contributed by atoms with Gasteiger partial charge in [0.15, 0.2) is 0 Å². The van der Waals surface area contributed by atoms with Crippen LogP contribution in [0.5, 0.6) is 5.75 Å². The second-order valence-electron chi connectivity index (χ2n) is 7.25. The SMILES string of the molecule is Cc1oncc1CN1CCC(Oc2cccc3c2ccn3CC(F)(F)F)CC1. The zero-order chi connectivity index (χ0) is 19.7. The molecule has 1 aromatic carbocycles. The predicted octanol–water partition coefficient (Wildman–Crippen LogP) is 4.54. The number of halogens is 3. The zero-order valence-corrected chi connectivity index (χ0v) is 15.6. The molecule has 28 heavy (non-hydrogen) atoms. The van der Waals surface area contributed by atoms with Crippen LogP contribution in [0, 0.1) is 6.92 Å². The number of likely N-dealkylation sites (tertiary alicyclic amines) is 1. The number of nitrogens with zero attached hydrogens (tertiary/aromatic N) is 3. The third-order valence-corrected chi connectivity index (χ3v) is 5.20. The molecule has 1 saturated heterocycles. The van der Waals surface area contributed by atoms with Gasteiger partial charge < -0.3 is 13.8 Å². The first kappa shape index (κ1) is 18.9. The molecule has 0 saturated carbocycles. The Labute approximate surface area is 160 Å². The Morgan fingerprint density at radius 2 is 2.00 bits per heavy atom. The Hall–Kier alpha value is -2.48. The van der Waals surface area contributed by atoms with Crippen molar-refractivity contribution in [2.24, 2.45) is 0 Å². The van der Waals surface area contributed by atoms with Gasteiger partial charge in [-0.25, -0.2) is 0 Å². The lowest BCUT2D eigenvalue weighted by Gasteiger charge is -2.32. The highest BCUT2D eigenvalue weighted by Gasteiger charge is 2.29. The lowest BCUT2D eigenvalue weighted by Crippen LogP contribution is -2.37. The van der Waals surface area contributed by atoms with Gasteiger partial charge in [-0.3, -0.25) is 4.90 Å². The molecule has 0 N–H and O–H groups in total. The van der Waals surface area contributed by atoms with E-state index in [1.54, 1.807) is 24.4 Å². The van der Waals surface area contributed by atoms with Crippen molar-refractivity contribution in [3.63, 3.8) is 0 Å². The second kappa shape index (κ2) is 7.50. The maximum Gasteiger partial charge on any atom is 0.406 e. The Morgan fingerprint density at radius 1 is 1.21 bits per heavy atom. The van der Waals surface area contributed by atoms with Crippen molar-refractivity contribution >= 4 is 10.9 Å². The van der Waals surface area contributed by atoms with Crippen molar-refractivity contribution < 1.29 is 22.4 Å². The van der Waals surface area contributed by atoms with Gasteiger partial charge in [0.25, 0.3) is 0 Å². The zero-order valence-electron chi connectivity index (χ0n) is 15.6. The van der Waals surface area contributed by atoms with E-state index in [1.165, 1.54) is 10.8 Å². The number of fused-ring (bicyclic) bond motifs is 1. The van der Waals surface area contributed by atoms with E-state index >= 15 is 0 Å². The van der Waals surface area contributed by atoms with E-state index in [9.17, 15) is 13.2 Å². The third-order valence-electron chi connectivity index (χ3n) is 5.20. The fourth-order valence-electron chi connectivity index (χ4n) is 3.71. The molecule has 0 spiro atoms. The largest absolute Gasteiger partial charge is 0.490 e. The number of alkyl halides is 3. The first-order chi connectivity index (χ1) is 13.4. The molecule has 0 amide bonds. The fraction of sp³-hybridized carbons (Fsp3) is 0.450. The summed E-state index contributed by atoms with van der Waals surface area (Å²) in [6.45, 7) is 3.49. The van der Waals surface area contributed by atoms with E-state index in [-0.39, 0.29) is 6.10 Å². The molecule has 0 bridgehead atoms. The van der Waals surface area contributed by atoms with Crippen molar-refractivity contribution in [3.05, 3.63) is 48.0 Å². The van der Waals surface area contributed by atoms with Crippen molar-refractivity contribution in [1.29, 1.82) is 0 Å². The molecule has 1 fully saturated rings. The van der Waals surface area contributed by atoms with Crippen LogP contribution in [0.3, 0.4) is 0 Å². The quantitative estimate of drug-likeness (QED) is 0.638. The van der Waals surface area contributed by atoms with Crippen molar-refractivity contribution in [1.82, 2.24) is 14.6 Å². The normalized spacial score (nSPS) is 16.7. The summed E-state index contributed by atoms with van der Waals surface area (Å²) in [5.41, 5.74) is 1.63. The number of aromatic nitrogens is 2. The number of hydrogen-bond donors (Lipinski definition) is 0. The van der Waals surface area contributed by atoms with Gasteiger partial charge in [0.05, 0.1) is 11.7 Å². The molecule has 8 heteroatoms. The van der Waals surface area contributed by atoms with Crippen LogP contribution >= 0.6 is 0 Å². The van der Waals surface area contributed by atoms with Crippen LogP contribution in [-0.2, 0) is 13.1 Å². The monoisotopic (exact) mass is 393 g/mol. The van der Waals surface area contributed by atoms with Gasteiger partial charge >= 0.3 is 6.18 Å². The Balaban J connectivity index is 1.40. The number of ether oxygens (including phenoxy) is 1. The molecule has 1 aliphatic heterocycles. The molecule has 2 aromatic heterocycles. The van der Waals surface area contributed by atoms with Crippen LogP contribution in [0.25, 0.3) is 10.9 Å². The molecule has 5 nitrogen and oxygen atoms in total. The number of piperidine rings is 1. The molecule has 0 aliphatic carbocycles. The van der Waals surface area contributed by atoms with Crippen molar-refractivity contribution in [3.8, 4) is 5.75 Å². The molecule has 3 heterocycles. The summed E-state index contributed by atoms with van der Waals surface area (Å²) in [4.78, 5) is 2.33. The van der Waals surface area contributed by atoms with E-state index in [4.69, 9.17) is 9.26 Å². The summed E-state index contributed by atoms with van der Waals surface area (Å²) in [7, 11) is 0. The minimum Gasteiger partial charge on any atom is -0.490 e. The molecule has 0 atom stereocenters. The van der Waals surface area contributed by atoms with Crippen LogP contribution in [0.2, 0.25) is 0 Å². The fourth-order valence-corrected chi connectivity index (χ4v) is 3.71. The number of aryl methyl sites for hydroxylation is 1. The van der Waals surface area contributed by atoms with Gasteiger partial charge in [-0.1, -0.05) is 11.2 Å². The molecule has 4 rings (SSSR count). The van der Waals surface area contributed by atoms with Gasteiger partial charge in [0, 0.05) is 36.8 Å². The molecular weight excluding hydrogens is 371 g/mol. The summed E-state index contributed by atoms with van der Waals surface area (Å²) in [5.74, 6) is 1.49. The van der Waals surface area contributed by atoms with Gasteiger partial charge in [0.1, 0.15) is 24.2 Å². The van der Waals surface area contributed by atoms with E-state index in [2.05, 4.69) is 10.1 Å². The van der Waals surface area contributed by atoms with Crippen LogP contribution in [0.15, 0.2) is 41.2 Å². The van der Waals surface area contributed by atoms with E-state index in [0.29, 0.717) is 16.7 Å². The lowest BCUT2D eigenvalue weighted by atomic mass is 10.1. The number of hydrogen-bond acceptors (Lipinski definition) is 4. The molecule has 150 valence electrons. The highest BCUT2D eigenvalue weighted by Crippen LogP contribution is 2.31.